The minimum absolute atomic E-state index is 0.189. The molecule has 22 heavy (non-hydrogen) atoms. The third-order valence-corrected chi connectivity index (χ3v) is 3.54. The Labute approximate surface area is 129 Å². The van der Waals surface area contributed by atoms with Gasteiger partial charge in [-0.1, -0.05) is 0 Å². The molecule has 2 aromatic heterocycles. The van der Waals surface area contributed by atoms with Crippen molar-refractivity contribution in [3.63, 3.8) is 0 Å². The lowest BCUT2D eigenvalue weighted by atomic mass is 10.1. The molecule has 6 heteroatoms. The minimum atomic E-state index is -0.479. The molecular formula is C16H20N4O2. The Morgan fingerprint density at radius 2 is 2.05 bits per heavy atom. The van der Waals surface area contributed by atoms with Crippen LogP contribution in [-0.4, -0.2) is 39.1 Å². The Hall–Kier alpha value is -2.24. The third-order valence-electron chi connectivity index (χ3n) is 3.54. The van der Waals surface area contributed by atoms with E-state index in [4.69, 9.17) is 4.74 Å². The van der Waals surface area contributed by atoms with Gasteiger partial charge >= 0.3 is 5.97 Å². The summed E-state index contributed by atoms with van der Waals surface area (Å²) in [6.07, 6.45) is 5.00. The average molecular weight is 300 g/mol. The predicted molar refractivity (Wildman–Crippen MR) is 83.5 cm³/mol. The Morgan fingerprint density at radius 1 is 1.27 bits per heavy atom. The number of rotatable bonds is 2. The summed E-state index contributed by atoms with van der Waals surface area (Å²) in [6.45, 7) is 6.44. The van der Waals surface area contributed by atoms with Crippen LogP contribution in [-0.2, 0) is 9.53 Å². The highest BCUT2D eigenvalue weighted by atomic mass is 16.6. The second kappa shape index (κ2) is 5.51. The molecule has 0 radical (unpaired) electrons. The fourth-order valence-electron chi connectivity index (χ4n) is 2.66. The number of carbonyl (C=O) groups is 1. The summed E-state index contributed by atoms with van der Waals surface area (Å²) in [6, 6.07) is 3.50. The molecule has 0 unspecified atom stereocenters. The Morgan fingerprint density at radius 3 is 2.82 bits per heavy atom. The van der Waals surface area contributed by atoms with Gasteiger partial charge in [0.1, 0.15) is 23.0 Å². The molecular weight excluding hydrogens is 280 g/mol. The summed E-state index contributed by atoms with van der Waals surface area (Å²) in [5.74, 6) is 0.562. The lowest BCUT2D eigenvalue weighted by Gasteiger charge is -2.28. The summed E-state index contributed by atoms with van der Waals surface area (Å²) in [7, 11) is 0. The van der Waals surface area contributed by atoms with E-state index in [0.29, 0.717) is 5.65 Å². The van der Waals surface area contributed by atoms with E-state index in [9.17, 15) is 4.79 Å². The number of ether oxygens (including phenoxy) is 1. The smallest absolute Gasteiger partial charge is 0.329 e. The highest BCUT2D eigenvalue weighted by Crippen LogP contribution is 2.27. The fourth-order valence-corrected chi connectivity index (χ4v) is 2.66. The van der Waals surface area contributed by atoms with Crippen LogP contribution in [0.2, 0.25) is 0 Å². The van der Waals surface area contributed by atoms with Crippen molar-refractivity contribution < 1.29 is 9.53 Å². The molecule has 3 rings (SSSR count). The number of hydrogen-bond acceptors (Lipinski definition) is 6. The molecule has 1 aliphatic heterocycles. The van der Waals surface area contributed by atoms with Crippen molar-refractivity contribution in [2.24, 2.45) is 0 Å². The zero-order valence-electron chi connectivity index (χ0n) is 13.1. The van der Waals surface area contributed by atoms with Crippen LogP contribution in [0.4, 0.5) is 5.82 Å². The predicted octanol–water partition coefficient (Wildman–Crippen LogP) is 2.34. The number of hydrogen-bond donors (Lipinski definition) is 0. The van der Waals surface area contributed by atoms with Gasteiger partial charge in [-0.25, -0.2) is 14.8 Å². The Bertz CT molecular complexity index is 696. The van der Waals surface area contributed by atoms with Crippen LogP contribution in [0.5, 0.6) is 0 Å². The number of esters is 1. The van der Waals surface area contributed by atoms with Crippen molar-refractivity contribution in [1.29, 1.82) is 0 Å². The molecule has 0 N–H and O–H groups in total. The van der Waals surface area contributed by atoms with Gasteiger partial charge in [0.15, 0.2) is 5.65 Å². The first kappa shape index (κ1) is 14.7. The van der Waals surface area contributed by atoms with Crippen molar-refractivity contribution in [3.8, 4) is 0 Å². The van der Waals surface area contributed by atoms with Gasteiger partial charge in [0, 0.05) is 18.9 Å². The molecule has 1 saturated heterocycles. The van der Waals surface area contributed by atoms with Crippen molar-refractivity contribution in [2.45, 2.75) is 45.3 Å². The fraction of sp³-hybridized carbons (Fsp3) is 0.500. The lowest BCUT2D eigenvalue weighted by Crippen LogP contribution is -2.41. The maximum atomic E-state index is 12.4. The molecule has 3 heterocycles. The third kappa shape index (κ3) is 3.00. The molecule has 0 aliphatic carbocycles. The normalized spacial score (nSPS) is 18.7. The van der Waals surface area contributed by atoms with Crippen LogP contribution in [0.3, 0.4) is 0 Å². The highest BCUT2D eigenvalue weighted by molar-refractivity contribution is 5.81. The molecule has 0 amide bonds. The number of anilines is 1. The first-order chi connectivity index (χ1) is 10.4. The summed E-state index contributed by atoms with van der Waals surface area (Å²) >= 11 is 0. The van der Waals surface area contributed by atoms with Gasteiger partial charge in [0.05, 0.1) is 0 Å². The van der Waals surface area contributed by atoms with E-state index >= 15 is 0 Å². The molecule has 0 aromatic carbocycles. The molecule has 1 aliphatic rings. The second-order valence-corrected chi connectivity index (χ2v) is 6.45. The molecule has 1 fully saturated rings. The van der Waals surface area contributed by atoms with Crippen LogP contribution in [0.15, 0.2) is 24.5 Å². The van der Waals surface area contributed by atoms with Crippen molar-refractivity contribution in [1.82, 2.24) is 15.0 Å². The molecule has 0 bridgehead atoms. The molecule has 2 aromatic rings. The second-order valence-electron chi connectivity index (χ2n) is 6.45. The van der Waals surface area contributed by atoms with Crippen molar-refractivity contribution >= 4 is 23.0 Å². The van der Waals surface area contributed by atoms with E-state index in [1.54, 1.807) is 12.4 Å². The highest BCUT2D eigenvalue weighted by Gasteiger charge is 2.35. The largest absolute Gasteiger partial charge is 0.458 e. The first-order valence-electron chi connectivity index (χ1n) is 7.51. The molecule has 116 valence electrons. The summed E-state index contributed by atoms with van der Waals surface area (Å²) < 4.78 is 5.52. The maximum Gasteiger partial charge on any atom is 0.329 e. The molecule has 0 saturated carbocycles. The zero-order chi connectivity index (χ0) is 15.7. The topological polar surface area (TPSA) is 68.2 Å². The van der Waals surface area contributed by atoms with Gasteiger partial charge < -0.3 is 9.64 Å². The quantitative estimate of drug-likeness (QED) is 0.793. The van der Waals surface area contributed by atoms with Crippen molar-refractivity contribution in [2.75, 3.05) is 11.4 Å². The van der Waals surface area contributed by atoms with Gasteiger partial charge in [-0.3, -0.25) is 4.98 Å². The Kier molecular flexibility index (Phi) is 3.68. The molecule has 0 spiro atoms. The van der Waals surface area contributed by atoms with Crippen LogP contribution in [0.25, 0.3) is 11.2 Å². The Balaban J connectivity index is 1.86. The monoisotopic (exact) mass is 300 g/mol. The maximum absolute atomic E-state index is 12.4. The van der Waals surface area contributed by atoms with Crippen LogP contribution < -0.4 is 4.90 Å². The van der Waals surface area contributed by atoms with E-state index in [-0.39, 0.29) is 12.0 Å². The molecule has 1 atom stereocenters. The lowest BCUT2D eigenvalue weighted by molar-refractivity contribution is -0.156. The minimum Gasteiger partial charge on any atom is -0.458 e. The van der Waals surface area contributed by atoms with Gasteiger partial charge in [0.2, 0.25) is 0 Å². The van der Waals surface area contributed by atoms with Crippen LogP contribution >= 0.6 is 0 Å². The van der Waals surface area contributed by atoms with E-state index in [0.717, 1.165) is 30.7 Å². The van der Waals surface area contributed by atoms with Gasteiger partial charge in [-0.2, -0.15) is 0 Å². The number of aromatic nitrogens is 3. The number of pyridine rings is 1. The van der Waals surface area contributed by atoms with E-state index in [1.807, 2.05) is 37.8 Å². The van der Waals surface area contributed by atoms with E-state index < -0.39 is 5.60 Å². The summed E-state index contributed by atoms with van der Waals surface area (Å²) in [5.41, 5.74) is 0.863. The van der Waals surface area contributed by atoms with Crippen LogP contribution in [0, 0.1) is 0 Å². The average Bonchev–Trinajstić information content (AvgIpc) is 2.94. The van der Waals surface area contributed by atoms with Gasteiger partial charge in [0.25, 0.3) is 0 Å². The van der Waals surface area contributed by atoms with Crippen LogP contribution in [0.1, 0.15) is 33.6 Å². The van der Waals surface area contributed by atoms with E-state index in [2.05, 4.69) is 15.0 Å². The SMILES string of the molecule is CC(C)(C)OC(=O)[C@@H]1CCCN1c1ccc2nccnc2n1. The summed E-state index contributed by atoms with van der Waals surface area (Å²) in [4.78, 5) is 27.4. The molecule has 6 nitrogen and oxygen atoms in total. The number of nitrogens with zero attached hydrogens (tertiary/aromatic N) is 4. The standard InChI is InChI=1S/C16H20N4O2/c1-16(2,3)22-15(21)12-5-4-10-20(12)13-7-6-11-14(19-13)18-9-8-17-11/h6-9,12H,4-5,10H2,1-3H3/t12-/m0/s1. The number of fused-ring (bicyclic) bond motifs is 1. The van der Waals surface area contributed by atoms with E-state index in [1.165, 1.54) is 0 Å². The first-order valence-corrected chi connectivity index (χ1v) is 7.51. The van der Waals surface area contributed by atoms with Gasteiger partial charge in [-0.15, -0.1) is 0 Å². The van der Waals surface area contributed by atoms with Crippen molar-refractivity contribution in [3.05, 3.63) is 24.5 Å². The zero-order valence-corrected chi connectivity index (χ0v) is 13.1. The summed E-state index contributed by atoms with van der Waals surface area (Å²) in [5, 5.41) is 0. The van der Waals surface area contributed by atoms with Gasteiger partial charge in [-0.05, 0) is 45.7 Å². The number of carbonyl (C=O) groups excluding carboxylic acids is 1.